The van der Waals surface area contributed by atoms with Crippen molar-refractivity contribution in [3.8, 4) is 0 Å². The smallest absolute Gasteiger partial charge is 0.213 e. The highest BCUT2D eigenvalue weighted by Gasteiger charge is 2.07. The van der Waals surface area contributed by atoms with E-state index in [1.165, 1.54) is 16.0 Å². The first-order valence-corrected chi connectivity index (χ1v) is 6.37. The fourth-order valence-electron chi connectivity index (χ4n) is 1.62. The van der Waals surface area contributed by atoms with E-state index in [9.17, 15) is 0 Å². The summed E-state index contributed by atoms with van der Waals surface area (Å²) in [5, 5.41) is 7.73. The number of nitrogens with two attached hydrogens (primary N) is 1. The zero-order valence-corrected chi connectivity index (χ0v) is 10.8. The van der Waals surface area contributed by atoms with Crippen molar-refractivity contribution >= 4 is 11.8 Å². The van der Waals surface area contributed by atoms with E-state index in [0.29, 0.717) is 6.54 Å². The molecular weight excluding hydrogens is 232 g/mol. The summed E-state index contributed by atoms with van der Waals surface area (Å²) in [4.78, 5) is 5.48. The van der Waals surface area contributed by atoms with Gasteiger partial charge in [-0.05, 0) is 50.2 Å². The molecule has 5 heteroatoms. The van der Waals surface area contributed by atoms with E-state index in [1.54, 1.807) is 11.8 Å². The maximum atomic E-state index is 5.63. The SMILES string of the molecule is Cc1ccc(Sc2n[nH]c(C)n2)c(CCN)c1. The topological polar surface area (TPSA) is 67.6 Å². The Morgan fingerprint density at radius 2 is 2.18 bits per heavy atom. The Hall–Kier alpha value is -1.33. The van der Waals surface area contributed by atoms with Crippen LogP contribution in [0.5, 0.6) is 0 Å². The lowest BCUT2D eigenvalue weighted by Gasteiger charge is -2.07. The second-order valence-corrected chi connectivity index (χ2v) is 4.96. The predicted molar refractivity (Wildman–Crippen MR) is 69.2 cm³/mol. The van der Waals surface area contributed by atoms with Crippen LogP contribution < -0.4 is 5.73 Å². The molecule has 0 aliphatic heterocycles. The van der Waals surface area contributed by atoms with E-state index in [2.05, 4.69) is 40.3 Å². The third kappa shape index (κ3) is 3.08. The molecular formula is C12H16N4S. The molecule has 2 aromatic rings. The number of hydrogen-bond acceptors (Lipinski definition) is 4. The molecule has 0 unspecified atom stereocenters. The summed E-state index contributed by atoms with van der Waals surface area (Å²) in [6, 6.07) is 6.38. The van der Waals surface area contributed by atoms with Crippen LogP contribution in [0.1, 0.15) is 17.0 Å². The van der Waals surface area contributed by atoms with Gasteiger partial charge in [0.05, 0.1) is 0 Å². The molecule has 0 atom stereocenters. The van der Waals surface area contributed by atoms with Crippen molar-refractivity contribution in [1.82, 2.24) is 15.2 Å². The molecule has 90 valence electrons. The van der Waals surface area contributed by atoms with E-state index in [4.69, 9.17) is 5.73 Å². The fourth-order valence-corrected chi connectivity index (χ4v) is 2.52. The fraction of sp³-hybridized carbons (Fsp3) is 0.333. The molecule has 1 heterocycles. The largest absolute Gasteiger partial charge is 0.330 e. The number of benzene rings is 1. The molecule has 0 bridgehead atoms. The zero-order valence-electron chi connectivity index (χ0n) is 10.0. The van der Waals surface area contributed by atoms with E-state index >= 15 is 0 Å². The third-order valence-electron chi connectivity index (χ3n) is 2.41. The molecule has 0 radical (unpaired) electrons. The van der Waals surface area contributed by atoms with Crippen LogP contribution in [-0.4, -0.2) is 21.7 Å². The molecule has 0 saturated heterocycles. The van der Waals surface area contributed by atoms with E-state index in [0.717, 1.165) is 17.4 Å². The van der Waals surface area contributed by atoms with Gasteiger partial charge in [-0.1, -0.05) is 17.7 Å². The highest BCUT2D eigenvalue weighted by molar-refractivity contribution is 7.99. The Balaban J connectivity index is 2.25. The molecule has 0 saturated carbocycles. The third-order valence-corrected chi connectivity index (χ3v) is 3.39. The summed E-state index contributed by atoms with van der Waals surface area (Å²) in [7, 11) is 0. The van der Waals surface area contributed by atoms with Gasteiger partial charge >= 0.3 is 0 Å². The Bertz CT molecular complexity index is 507. The lowest BCUT2D eigenvalue weighted by molar-refractivity contribution is 0.934. The van der Waals surface area contributed by atoms with Crippen LogP contribution in [0.25, 0.3) is 0 Å². The van der Waals surface area contributed by atoms with Crippen molar-refractivity contribution < 1.29 is 0 Å². The summed E-state index contributed by atoms with van der Waals surface area (Å²) in [5.74, 6) is 0.833. The number of rotatable bonds is 4. The lowest BCUT2D eigenvalue weighted by atomic mass is 10.1. The highest BCUT2D eigenvalue weighted by Crippen LogP contribution is 2.28. The lowest BCUT2D eigenvalue weighted by Crippen LogP contribution is -2.04. The number of aryl methyl sites for hydroxylation is 2. The Morgan fingerprint density at radius 1 is 1.35 bits per heavy atom. The maximum Gasteiger partial charge on any atom is 0.213 e. The normalized spacial score (nSPS) is 10.8. The van der Waals surface area contributed by atoms with Gasteiger partial charge in [0, 0.05) is 4.90 Å². The minimum atomic E-state index is 0.657. The monoisotopic (exact) mass is 248 g/mol. The Morgan fingerprint density at radius 3 is 2.82 bits per heavy atom. The Kier molecular flexibility index (Phi) is 3.81. The summed E-state index contributed by atoms with van der Waals surface area (Å²) in [6.45, 7) is 4.64. The number of hydrogen-bond donors (Lipinski definition) is 2. The van der Waals surface area contributed by atoms with Crippen molar-refractivity contribution in [3.63, 3.8) is 0 Å². The molecule has 1 aromatic carbocycles. The van der Waals surface area contributed by atoms with Crippen LogP contribution in [0.4, 0.5) is 0 Å². The molecule has 2 rings (SSSR count). The average Bonchev–Trinajstić information content (AvgIpc) is 2.69. The predicted octanol–water partition coefficient (Wildman–Crippen LogP) is 2.07. The summed E-state index contributed by atoms with van der Waals surface area (Å²) in [6.07, 6.45) is 0.882. The second-order valence-electron chi connectivity index (χ2n) is 3.96. The number of H-pyrrole nitrogens is 1. The number of nitrogens with zero attached hydrogens (tertiary/aromatic N) is 2. The van der Waals surface area contributed by atoms with Crippen molar-refractivity contribution in [3.05, 3.63) is 35.2 Å². The minimum Gasteiger partial charge on any atom is -0.330 e. The molecule has 1 aromatic heterocycles. The van der Waals surface area contributed by atoms with Crippen molar-refractivity contribution in [2.24, 2.45) is 5.73 Å². The minimum absolute atomic E-state index is 0.657. The molecule has 0 aliphatic carbocycles. The van der Waals surface area contributed by atoms with Crippen LogP contribution in [0.2, 0.25) is 0 Å². The number of aromatic amines is 1. The molecule has 0 spiro atoms. The number of aromatic nitrogens is 3. The second kappa shape index (κ2) is 5.33. The van der Waals surface area contributed by atoms with E-state index in [1.807, 2.05) is 6.92 Å². The van der Waals surface area contributed by atoms with Gasteiger partial charge < -0.3 is 5.73 Å². The van der Waals surface area contributed by atoms with Crippen LogP contribution >= 0.6 is 11.8 Å². The summed E-state index contributed by atoms with van der Waals surface area (Å²) >= 11 is 1.57. The van der Waals surface area contributed by atoms with Crippen LogP contribution in [0.3, 0.4) is 0 Å². The molecule has 3 N–H and O–H groups in total. The van der Waals surface area contributed by atoms with Gasteiger partial charge in [-0.15, -0.1) is 5.10 Å². The van der Waals surface area contributed by atoms with Crippen LogP contribution in [-0.2, 0) is 6.42 Å². The molecule has 0 fully saturated rings. The van der Waals surface area contributed by atoms with Gasteiger partial charge in [0.15, 0.2) is 0 Å². The van der Waals surface area contributed by atoms with Gasteiger partial charge in [0.1, 0.15) is 5.82 Å². The molecule has 0 aliphatic rings. The van der Waals surface area contributed by atoms with Crippen molar-refractivity contribution in [2.45, 2.75) is 30.3 Å². The first-order valence-electron chi connectivity index (χ1n) is 5.55. The summed E-state index contributed by atoms with van der Waals surface area (Å²) in [5.41, 5.74) is 8.15. The van der Waals surface area contributed by atoms with Gasteiger partial charge in [0.2, 0.25) is 5.16 Å². The van der Waals surface area contributed by atoms with Gasteiger partial charge in [-0.2, -0.15) is 0 Å². The van der Waals surface area contributed by atoms with E-state index < -0.39 is 0 Å². The highest BCUT2D eigenvalue weighted by atomic mass is 32.2. The van der Waals surface area contributed by atoms with E-state index in [-0.39, 0.29) is 0 Å². The quantitative estimate of drug-likeness (QED) is 0.869. The first-order chi connectivity index (χ1) is 8.19. The standard InChI is InChI=1S/C12H16N4S/c1-8-3-4-11(10(7-8)5-6-13)17-12-14-9(2)15-16-12/h3-4,7H,5-6,13H2,1-2H3,(H,14,15,16). The number of nitrogens with one attached hydrogen (secondary N) is 1. The maximum absolute atomic E-state index is 5.63. The van der Waals surface area contributed by atoms with Crippen LogP contribution in [0.15, 0.2) is 28.3 Å². The molecule has 0 amide bonds. The first kappa shape index (κ1) is 12.1. The molecule has 17 heavy (non-hydrogen) atoms. The molecule has 4 nitrogen and oxygen atoms in total. The van der Waals surface area contributed by atoms with Gasteiger partial charge in [0.25, 0.3) is 0 Å². The van der Waals surface area contributed by atoms with Crippen LogP contribution in [0, 0.1) is 13.8 Å². The van der Waals surface area contributed by atoms with Gasteiger partial charge in [-0.25, -0.2) is 4.98 Å². The Labute approximate surface area is 105 Å². The zero-order chi connectivity index (χ0) is 12.3. The van der Waals surface area contributed by atoms with Crippen molar-refractivity contribution in [1.29, 1.82) is 0 Å². The average molecular weight is 248 g/mol. The van der Waals surface area contributed by atoms with Crippen molar-refractivity contribution in [2.75, 3.05) is 6.54 Å². The van der Waals surface area contributed by atoms with Gasteiger partial charge in [-0.3, -0.25) is 5.10 Å². The summed E-state index contributed by atoms with van der Waals surface area (Å²) < 4.78 is 0.